The first-order valence-corrected chi connectivity index (χ1v) is 12.0. The number of ether oxygens (including phenoxy) is 4. The Labute approximate surface area is 211 Å². The standard InChI is InChI=1S/C26H34N4O6/c1-33-20-5-7-23(35-3)19(15-20)17-27-9-11-28(12-10-27)25(31)18-29-13-14-30(26(29)32)22-16-21(34-2)6-8-24(22)36-4/h5-8,15-16H,9-14,17-18H2,1-4H3. The minimum Gasteiger partial charge on any atom is -0.497 e. The number of benzene rings is 2. The van der Waals surface area contributed by atoms with Crippen LogP contribution in [0, 0.1) is 0 Å². The molecule has 2 heterocycles. The molecule has 36 heavy (non-hydrogen) atoms. The molecule has 10 nitrogen and oxygen atoms in total. The lowest BCUT2D eigenvalue weighted by Crippen LogP contribution is -2.51. The Kier molecular flexibility index (Phi) is 8.04. The van der Waals surface area contributed by atoms with Gasteiger partial charge in [-0.25, -0.2) is 4.79 Å². The Morgan fingerprint density at radius 3 is 2.06 bits per heavy atom. The van der Waals surface area contributed by atoms with Crippen LogP contribution in [0.25, 0.3) is 0 Å². The number of methoxy groups -OCH3 is 4. The maximum atomic E-state index is 13.1. The minimum absolute atomic E-state index is 0.0404. The summed E-state index contributed by atoms with van der Waals surface area (Å²) in [6.07, 6.45) is 0. The SMILES string of the molecule is COc1ccc(OC)c(CN2CCN(C(=O)CN3CCN(c4cc(OC)ccc4OC)C3=O)CC2)c1. The molecule has 0 saturated carbocycles. The van der Waals surface area contributed by atoms with Crippen LogP contribution < -0.4 is 23.8 Å². The van der Waals surface area contributed by atoms with Gasteiger partial charge in [0.15, 0.2) is 0 Å². The molecule has 4 rings (SSSR count). The molecule has 2 aliphatic heterocycles. The van der Waals surface area contributed by atoms with Gasteiger partial charge in [-0.05, 0) is 30.3 Å². The van der Waals surface area contributed by atoms with Gasteiger partial charge in [0, 0.05) is 57.4 Å². The molecular formula is C26H34N4O6. The highest BCUT2D eigenvalue weighted by molar-refractivity contribution is 5.98. The fraction of sp³-hybridized carbons (Fsp3) is 0.462. The summed E-state index contributed by atoms with van der Waals surface area (Å²) < 4.78 is 21.6. The van der Waals surface area contributed by atoms with Crippen LogP contribution in [0.4, 0.5) is 10.5 Å². The summed E-state index contributed by atoms with van der Waals surface area (Å²) in [4.78, 5) is 33.5. The second-order valence-corrected chi connectivity index (χ2v) is 8.73. The summed E-state index contributed by atoms with van der Waals surface area (Å²) in [6.45, 7) is 4.43. The van der Waals surface area contributed by atoms with Crippen molar-refractivity contribution in [2.75, 3.05) is 79.2 Å². The maximum Gasteiger partial charge on any atom is 0.325 e. The lowest BCUT2D eigenvalue weighted by molar-refractivity contribution is -0.133. The van der Waals surface area contributed by atoms with Crippen molar-refractivity contribution in [2.45, 2.75) is 6.54 Å². The molecule has 3 amide bonds. The van der Waals surface area contributed by atoms with Crippen molar-refractivity contribution >= 4 is 17.6 Å². The van der Waals surface area contributed by atoms with Crippen LogP contribution in [0.5, 0.6) is 23.0 Å². The van der Waals surface area contributed by atoms with Crippen molar-refractivity contribution < 1.29 is 28.5 Å². The Morgan fingerprint density at radius 2 is 1.42 bits per heavy atom. The molecule has 0 atom stereocenters. The number of anilines is 1. The van der Waals surface area contributed by atoms with Gasteiger partial charge in [-0.1, -0.05) is 0 Å². The van der Waals surface area contributed by atoms with E-state index in [-0.39, 0.29) is 18.5 Å². The quantitative estimate of drug-likeness (QED) is 0.525. The molecule has 0 radical (unpaired) electrons. The van der Waals surface area contributed by atoms with Crippen molar-refractivity contribution in [1.29, 1.82) is 0 Å². The highest BCUT2D eigenvalue weighted by Crippen LogP contribution is 2.34. The summed E-state index contributed by atoms with van der Waals surface area (Å²) >= 11 is 0. The number of hydrogen-bond donors (Lipinski definition) is 0. The summed E-state index contributed by atoms with van der Waals surface area (Å²) in [6, 6.07) is 10.9. The van der Waals surface area contributed by atoms with E-state index >= 15 is 0 Å². The number of urea groups is 1. The second kappa shape index (κ2) is 11.4. The molecule has 0 aliphatic carbocycles. The van der Waals surface area contributed by atoms with Gasteiger partial charge in [0.1, 0.15) is 29.5 Å². The van der Waals surface area contributed by atoms with Gasteiger partial charge in [0.05, 0.1) is 34.1 Å². The van der Waals surface area contributed by atoms with E-state index in [0.717, 1.165) is 30.2 Å². The predicted molar refractivity (Wildman–Crippen MR) is 135 cm³/mol. The van der Waals surface area contributed by atoms with E-state index in [1.54, 1.807) is 56.4 Å². The topological polar surface area (TPSA) is 84.0 Å². The molecular weight excluding hydrogens is 464 g/mol. The first kappa shape index (κ1) is 25.4. The number of piperazine rings is 1. The monoisotopic (exact) mass is 498 g/mol. The van der Waals surface area contributed by atoms with Crippen LogP contribution in [0.2, 0.25) is 0 Å². The molecule has 2 aliphatic rings. The number of hydrogen-bond acceptors (Lipinski definition) is 7. The lowest BCUT2D eigenvalue weighted by atomic mass is 10.1. The molecule has 10 heteroatoms. The molecule has 194 valence electrons. The molecule has 2 aromatic carbocycles. The second-order valence-electron chi connectivity index (χ2n) is 8.73. The van der Waals surface area contributed by atoms with Crippen LogP contribution in [-0.4, -0.2) is 101 Å². The van der Waals surface area contributed by atoms with E-state index in [9.17, 15) is 9.59 Å². The van der Waals surface area contributed by atoms with Crippen molar-refractivity contribution in [3.05, 3.63) is 42.0 Å². The lowest BCUT2D eigenvalue weighted by Gasteiger charge is -2.35. The maximum absolute atomic E-state index is 13.1. The summed E-state index contributed by atoms with van der Waals surface area (Å²) in [7, 11) is 6.45. The summed E-state index contributed by atoms with van der Waals surface area (Å²) in [5, 5.41) is 0. The van der Waals surface area contributed by atoms with Crippen LogP contribution >= 0.6 is 0 Å². The minimum atomic E-state index is -0.210. The van der Waals surface area contributed by atoms with Gasteiger partial charge < -0.3 is 28.7 Å². The van der Waals surface area contributed by atoms with E-state index < -0.39 is 0 Å². The zero-order valence-electron chi connectivity index (χ0n) is 21.4. The number of rotatable bonds is 9. The van der Waals surface area contributed by atoms with Gasteiger partial charge in [0.2, 0.25) is 5.91 Å². The Balaban J connectivity index is 1.32. The molecule has 0 spiro atoms. The van der Waals surface area contributed by atoms with E-state index in [4.69, 9.17) is 18.9 Å². The predicted octanol–water partition coefficient (Wildman–Crippen LogP) is 2.31. The van der Waals surface area contributed by atoms with Crippen LogP contribution in [0.1, 0.15) is 5.56 Å². The third kappa shape index (κ3) is 5.43. The van der Waals surface area contributed by atoms with Crippen molar-refractivity contribution in [1.82, 2.24) is 14.7 Å². The zero-order valence-corrected chi connectivity index (χ0v) is 21.4. The number of nitrogens with zero attached hydrogens (tertiary/aromatic N) is 4. The first-order valence-electron chi connectivity index (χ1n) is 12.0. The van der Waals surface area contributed by atoms with Gasteiger partial charge in [-0.3, -0.25) is 14.6 Å². The van der Waals surface area contributed by atoms with Gasteiger partial charge in [-0.15, -0.1) is 0 Å². The highest BCUT2D eigenvalue weighted by atomic mass is 16.5. The van der Waals surface area contributed by atoms with Crippen LogP contribution in [0.15, 0.2) is 36.4 Å². The van der Waals surface area contributed by atoms with E-state index in [0.29, 0.717) is 49.9 Å². The van der Waals surface area contributed by atoms with E-state index in [1.807, 2.05) is 23.1 Å². The van der Waals surface area contributed by atoms with Gasteiger partial charge >= 0.3 is 6.03 Å². The van der Waals surface area contributed by atoms with Crippen molar-refractivity contribution in [3.63, 3.8) is 0 Å². The Bertz CT molecular complexity index is 1090. The Morgan fingerprint density at radius 1 is 0.778 bits per heavy atom. The Hall–Kier alpha value is -3.66. The van der Waals surface area contributed by atoms with Gasteiger partial charge in [0.25, 0.3) is 0 Å². The molecule has 0 N–H and O–H groups in total. The average Bonchev–Trinajstić information content (AvgIpc) is 3.27. The van der Waals surface area contributed by atoms with E-state index in [1.165, 1.54) is 0 Å². The molecule has 2 aromatic rings. The highest BCUT2D eigenvalue weighted by Gasteiger charge is 2.34. The summed E-state index contributed by atoms with van der Waals surface area (Å²) in [5.41, 5.74) is 1.69. The smallest absolute Gasteiger partial charge is 0.325 e. The average molecular weight is 499 g/mol. The van der Waals surface area contributed by atoms with Crippen molar-refractivity contribution in [2.24, 2.45) is 0 Å². The van der Waals surface area contributed by atoms with Crippen LogP contribution in [0.3, 0.4) is 0 Å². The van der Waals surface area contributed by atoms with Crippen LogP contribution in [-0.2, 0) is 11.3 Å². The molecule has 0 unspecified atom stereocenters. The number of carbonyl (C=O) groups excluding carboxylic acids is 2. The normalized spacial score (nSPS) is 16.3. The largest absolute Gasteiger partial charge is 0.497 e. The fourth-order valence-corrected chi connectivity index (χ4v) is 4.63. The number of carbonyl (C=O) groups is 2. The third-order valence-electron chi connectivity index (χ3n) is 6.70. The molecule has 0 bridgehead atoms. The molecule has 2 saturated heterocycles. The van der Waals surface area contributed by atoms with Crippen molar-refractivity contribution in [3.8, 4) is 23.0 Å². The summed E-state index contributed by atoms with van der Waals surface area (Å²) in [5.74, 6) is 2.79. The number of amides is 3. The zero-order chi connectivity index (χ0) is 25.7. The fourth-order valence-electron chi connectivity index (χ4n) is 4.63. The van der Waals surface area contributed by atoms with Gasteiger partial charge in [-0.2, -0.15) is 0 Å². The molecule has 0 aromatic heterocycles. The molecule has 2 fully saturated rings. The third-order valence-corrected chi connectivity index (χ3v) is 6.70. The van der Waals surface area contributed by atoms with E-state index in [2.05, 4.69) is 4.90 Å². The first-order chi connectivity index (χ1) is 17.5.